The van der Waals surface area contributed by atoms with E-state index in [9.17, 15) is 0 Å². The van der Waals surface area contributed by atoms with Gasteiger partial charge in [-0.05, 0) is 56.6 Å². The predicted octanol–water partition coefficient (Wildman–Crippen LogP) is 3.59. The maximum atomic E-state index is 5.07. The number of benzene rings is 1. The molecule has 1 aromatic rings. The summed E-state index contributed by atoms with van der Waals surface area (Å²) in [5, 5.41) is 6.72. The van der Waals surface area contributed by atoms with Gasteiger partial charge in [0.05, 0.1) is 6.54 Å². The van der Waals surface area contributed by atoms with Crippen LogP contribution in [0.5, 0.6) is 0 Å². The molecule has 0 fully saturated rings. The molecule has 0 saturated carbocycles. The van der Waals surface area contributed by atoms with Crippen LogP contribution in [0.2, 0.25) is 0 Å². The quantitative estimate of drug-likeness (QED) is 0.296. The molecule has 130 valence electrons. The molecular formula is C18H31N3OS. The highest BCUT2D eigenvalue weighted by atomic mass is 32.2. The Morgan fingerprint density at radius 3 is 2.74 bits per heavy atom. The first kappa shape index (κ1) is 19.8. The van der Waals surface area contributed by atoms with Gasteiger partial charge in [0.1, 0.15) is 0 Å². The zero-order valence-electron chi connectivity index (χ0n) is 14.9. The number of nitrogens with zero attached hydrogens (tertiary/aromatic N) is 1. The van der Waals surface area contributed by atoms with Crippen molar-refractivity contribution in [3.05, 3.63) is 29.3 Å². The smallest absolute Gasteiger partial charge is 0.191 e. The molecule has 0 aliphatic carbocycles. The molecule has 4 nitrogen and oxygen atoms in total. The summed E-state index contributed by atoms with van der Waals surface area (Å²) in [6.07, 6.45) is 5.54. The van der Waals surface area contributed by atoms with Gasteiger partial charge in [-0.2, -0.15) is 0 Å². The number of aliphatic imine (C=N–C) groups is 1. The van der Waals surface area contributed by atoms with Crippen LogP contribution in [0.15, 0.2) is 28.1 Å². The Hall–Kier alpha value is -1.20. The van der Waals surface area contributed by atoms with E-state index in [1.807, 2.05) is 0 Å². The van der Waals surface area contributed by atoms with Crippen LogP contribution in [0, 0.1) is 6.92 Å². The molecule has 0 amide bonds. The summed E-state index contributed by atoms with van der Waals surface area (Å²) in [6, 6.07) is 6.56. The lowest BCUT2D eigenvalue weighted by molar-refractivity contribution is 0.192. The molecule has 1 aromatic carbocycles. The van der Waals surface area contributed by atoms with Crippen molar-refractivity contribution < 1.29 is 4.74 Å². The molecule has 0 radical (unpaired) electrons. The summed E-state index contributed by atoms with van der Waals surface area (Å²) >= 11 is 1.78. The zero-order chi connectivity index (χ0) is 16.9. The van der Waals surface area contributed by atoms with Crippen LogP contribution in [0.25, 0.3) is 0 Å². The van der Waals surface area contributed by atoms with Gasteiger partial charge < -0.3 is 15.4 Å². The van der Waals surface area contributed by atoms with Crippen molar-refractivity contribution in [2.45, 2.75) is 44.6 Å². The van der Waals surface area contributed by atoms with Crippen molar-refractivity contribution in [1.82, 2.24) is 10.6 Å². The molecule has 0 unspecified atom stereocenters. The van der Waals surface area contributed by atoms with Gasteiger partial charge in [-0.1, -0.05) is 12.1 Å². The summed E-state index contributed by atoms with van der Waals surface area (Å²) in [5.41, 5.74) is 2.57. The second-order valence-corrected chi connectivity index (χ2v) is 6.34. The Balaban J connectivity index is 2.51. The van der Waals surface area contributed by atoms with E-state index in [0.717, 1.165) is 38.5 Å². The van der Waals surface area contributed by atoms with Crippen LogP contribution in [-0.4, -0.2) is 39.0 Å². The predicted molar refractivity (Wildman–Crippen MR) is 102 cm³/mol. The Kier molecular flexibility index (Phi) is 10.6. The fourth-order valence-corrected chi connectivity index (χ4v) is 2.94. The molecule has 5 heteroatoms. The fourth-order valence-electron chi connectivity index (χ4n) is 2.24. The van der Waals surface area contributed by atoms with Gasteiger partial charge in [-0.3, -0.25) is 0 Å². The number of aryl methyl sites for hydroxylation is 1. The maximum Gasteiger partial charge on any atom is 0.191 e. The summed E-state index contributed by atoms with van der Waals surface area (Å²) in [5.74, 6) is 0.895. The average Bonchev–Trinajstić information content (AvgIpc) is 2.56. The van der Waals surface area contributed by atoms with E-state index < -0.39 is 0 Å². The molecule has 0 aliphatic rings. The standard InChI is InChI=1S/C18H31N3OS/c1-5-19-18(20-11-7-6-8-12-22-3)21-14-16-10-9-15(2)13-17(16)23-4/h9-10,13H,5-8,11-12,14H2,1-4H3,(H2,19,20,21). The van der Waals surface area contributed by atoms with E-state index in [4.69, 9.17) is 9.73 Å². The number of nitrogens with one attached hydrogen (secondary N) is 2. The number of ether oxygens (including phenoxy) is 1. The van der Waals surface area contributed by atoms with Gasteiger partial charge in [0.15, 0.2) is 5.96 Å². The van der Waals surface area contributed by atoms with Crippen LogP contribution >= 0.6 is 11.8 Å². The molecule has 0 aromatic heterocycles. The highest BCUT2D eigenvalue weighted by molar-refractivity contribution is 7.98. The van der Waals surface area contributed by atoms with Crippen molar-refractivity contribution in [2.24, 2.45) is 4.99 Å². The van der Waals surface area contributed by atoms with E-state index in [-0.39, 0.29) is 0 Å². The van der Waals surface area contributed by atoms with Crippen molar-refractivity contribution in [2.75, 3.05) is 33.1 Å². The second-order valence-electron chi connectivity index (χ2n) is 5.49. The first-order chi connectivity index (χ1) is 11.2. The minimum atomic E-state index is 0.704. The zero-order valence-corrected chi connectivity index (χ0v) is 15.8. The number of hydrogen-bond acceptors (Lipinski definition) is 3. The molecule has 0 heterocycles. The molecular weight excluding hydrogens is 306 g/mol. The second kappa shape index (κ2) is 12.3. The first-order valence-corrected chi connectivity index (χ1v) is 9.58. The Morgan fingerprint density at radius 1 is 1.22 bits per heavy atom. The number of hydrogen-bond donors (Lipinski definition) is 2. The topological polar surface area (TPSA) is 45.7 Å². The summed E-state index contributed by atoms with van der Waals surface area (Å²) in [7, 11) is 1.75. The fraction of sp³-hybridized carbons (Fsp3) is 0.611. The number of guanidine groups is 1. The van der Waals surface area contributed by atoms with E-state index in [1.54, 1.807) is 18.9 Å². The van der Waals surface area contributed by atoms with Gasteiger partial charge in [-0.15, -0.1) is 11.8 Å². The summed E-state index contributed by atoms with van der Waals surface area (Å²) in [6.45, 7) is 7.59. The maximum absolute atomic E-state index is 5.07. The minimum Gasteiger partial charge on any atom is -0.385 e. The summed E-state index contributed by atoms with van der Waals surface area (Å²) in [4.78, 5) is 6.02. The SMILES string of the molecule is CCNC(=NCc1ccc(C)cc1SC)NCCCCCOC. The highest BCUT2D eigenvalue weighted by Gasteiger charge is 2.03. The van der Waals surface area contributed by atoms with E-state index in [0.29, 0.717) is 6.54 Å². The Morgan fingerprint density at radius 2 is 2.04 bits per heavy atom. The Bertz CT molecular complexity index is 477. The third kappa shape index (κ3) is 8.28. The van der Waals surface area contributed by atoms with Crippen molar-refractivity contribution in [3.63, 3.8) is 0 Å². The first-order valence-electron chi connectivity index (χ1n) is 8.35. The van der Waals surface area contributed by atoms with Crippen LogP contribution in [0.4, 0.5) is 0 Å². The average molecular weight is 338 g/mol. The van der Waals surface area contributed by atoms with Crippen LogP contribution in [-0.2, 0) is 11.3 Å². The van der Waals surface area contributed by atoms with Gasteiger partial charge >= 0.3 is 0 Å². The molecule has 0 aliphatic heterocycles. The lowest BCUT2D eigenvalue weighted by atomic mass is 10.1. The van der Waals surface area contributed by atoms with Crippen LogP contribution in [0.1, 0.15) is 37.3 Å². The highest BCUT2D eigenvalue weighted by Crippen LogP contribution is 2.22. The third-order valence-corrected chi connectivity index (χ3v) is 4.33. The van der Waals surface area contributed by atoms with Crippen molar-refractivity contribution >= 4 is 17.7 Å². The molecule has 1 rings (SSSR count). The van der Waals surface area contributed by atoms with Crippen molar-refractivity contribution in [3.8, 4) is 0 Å². The van der Waals surface area contributed by atoms with E-state index in [2.05, 4.69) is 48.9 Å². The van der Waals surface area contributed by atoms with Gasteiger partial charge in [0.2, 0.25) is 0 Å². The van der Waals surface area contributed by atoms with Crippen molar-refractivity contribution in [1.29, 1.82) is 0 Å². The number of methoxy groups -OCH3 is 1. The molecule has 0 saturated heterocycles. The molecule has 0 bridgehead atoms. The number of rotatable bonds is 10. The number of thioether (sulfide) groups is 1. The third-order valence-electron chi connectivity index (χ3n) is 3.51. The van der Waals surface area contributed by atoms with Gasteiger partial charge in [0, 0.05) is 31.7 Å². The number of unbranched alkanes of at least 4 members (excludes halogenated alkanes) is 2. The normalized spacial score (nSPS) is 11.6. The van der Waals surface area contributed by atoms with E-state index >= 15 is 0 Å². The summed E-state index contributed by atoms with van der Waals surface area (Å²) < 4.78 is 5.07. The molecule has 2 N–H and O–H groups in total. The largest absolute Gasteiger partial charge is 0.385 e. The van der Waals surface area contributed by atoms with Gasteiger partial charge in [0.25, 0.3) is 0 Å². The van der Waals surface area contributed by atoms with Gasteiger partial charge in [-0.25, -0.2) is 4.99 Å². The van der Waals surface area contributed by atoms with Crippen LogP contribution in [0.3, 0.4) is 0 Å². The Labute approximate surface area is 145 Å². The minimum absolute atomic E-state index is 0.704. The lowest BCUT2D eigenvalue weighted by Gasteiger charge is -2.12. The molecule has 23 heavy (non-hydrogen) atoms. The van der Waals surface area contributed by atoms with E-state index in [1.165, 1.54) is 22.4 Å². The lowest BCUT2D eigenvalue weighted by Crippen LogP contribution is -2.37. The molecule has 0 atom stereocenters. The van der Waals surface area contributed by atoms with Crippen LogP contribution < -0.4 is 10.6 Å². The monoisotopic (exact) mass is 337 g/mol. The molecule has 0 spiro atoms.